The van der Waals surface area contributed by atoms with Crippen molar-refractivity contribution in [1.82, 2.24) is 0 Å². The van der Waals surface area contributed by atoms with Crippen molar-refractivity contribution in [3.63, 3.8) is 0 Å². The smallest absolute Gasteiger partial charge is 0.418 e. The molecule has 1 aliphatic carbocycles. The van der Waals surface area contributed by atoms with Gasteiger partial charge in [0, 0.05) is 12.1 Å². The van der Waals surface area contributed by atoms with Gasteiger partial charge in [0.2, 0.25) is 5.39 Å². The first kappa shape index (κ1) is 20.0. The van der Waals surface area contributed by atoms with Gasteiger partial charge in [-0.1, -0.05) is 17.7 Å². The monoisotopic (exact) mass is 364 g/mol. The molecule has 0 amide bonds. The van der Waals surface area contributed by atoms with Gasteiger partial charge in [-0.3, -0.25) is 0 Å². The molecule has 138 valence electrons. The minimum atomic E-state index is -6.00. The van der Waals surface area contributed by atoms with Gasteiger partial charge in [0.1, 0.15) is 0 Å². The number of halogens is 4. The van der Waals surface area contributed by atoms with E-state index < -0.39 is 7.25 Å². The van der Waals surface area contributed by atoms with Gasteiger partial charge in [0.25, 0.3) is 0 Å². The van der Waals surface area contributed by atoms with Crippen LogP contribution in [0.3, 0.4) is 0 Å². The summed E-state index contributed by atoms with van der Waals surface area (Å²) in [5, 5.41) is 9.12. The van der Waals surface area contributed by atoms with Crippen molar-refractivity contribution < 1.29 is 17.3 Å². The minimum Gasteiger partial charge on any atom is -0.418 e. The number of fused-ring (bicyclic) bond motifs is 4. The molecule has 0 N–H and O–H groups in total. The Balaban J connectivity index is 0.000000431. The predicted molar refractivity (Wildman–Crippen MR) is 96.8 cm³/mol. The molecule has 3 rings (SSSR count). The molecule has 4 bridgehead atoms. The van der Waals surface area contributed by atoms with E-state index in [2.05, 4.69) is 37.9 Å². The molecule has 0 unspecified atom stereocenters. The first-order chi connectivity index (χ1) is 12.1. The van der Waals surface area contributed by atoms with Crippen molar-refractivity contribution >= 4 is 12.9 Å². The SMILES string of the molecule is Cc1cc2c(C)c(c1)CCc1cc([N+]#N)cc(c1C)CC2.F[B-](F)(F)F. The maximum atomic E-state index is 9.75. The van der Waals surface area contributed by atoms with Crippen LogP contribution in [0.15, 0.2) is 24.3 Å². The van der Waals surface area contributed by atoms with Crippen molar-refractivity contribution in [2.45, 2.75) is 46.5 Å². The van der Waals surface area contributed by atoms with E-state index >= 15 is 0 Å². The van der Waals surface area contributed by atoms with E-state index in [1.807, 2.05) is 12.1 Å². The molecule has 0 aromatic heterocycles. The maximum absolute atomic E-state index is 9.75. The van der Waals surface area contributed by atoms with Gasteiger partial charge in [0.15, 0.2) is 4.98 Å². The Morgan fingerprint density at radius 3 is 1.35 bits per heavy atom. The fraction of sp³-hybridized carbons (Fsp3) is 0.368. The second-order valence-electron chi connectivity index (χ2n) is 6.69. The quantitative estimate of drug-likeness (QED) is 0.307. The topological polar surface area (TPSA) is 28.1 Å². The van der Waals surface area contributed by atoms with Crippen LogP contribution in [0, 0.1) is 26.2 Å². The number of rotatable bonds is 0. The maximum Gasteiger partial charge on any atom is 0.673 e. The first-order valence-corrected chi connectivity index (χ1v) is 8.52. The average Bonchev–Trinajstić information content (AvgIpc) is 2.53. The summed E-state index contributed by atoms with van der Waals surface area (Å²) in [5.41, 5.74) is 10.4. The van der Waals surface area contributed by atoms with E-state index in [0.29, 0.717) is 5.69 Å². The zero-order valence-electron chi connectivity index (χ0n) is 15.1. The summed E-state index contributed by atoms with van der Waals surface area (Å²) < 4.78 is 39.0. The third-order valence-electron chi connectivity index (χ3n) is 4.82. The molecule has 0 fully saturated rings. The zero-order valence-corrected chi connectivity index (χ0v) is 15.1. The molecule has 26 heavy (non-hydrogen) atoms. The van der Waals surface area contributed by atoms with Crippen LogP contribution < -0.4 is 0 Å². The molecular formula is C19H21BF4N2. The van der Waals surface area contributed by atoms with Crippen LogP contribution in [0.1, 0.15) is 38.9 Å². The van der Waals surface area contributed by atoms with Gasteiger partial charge in [-0.25, -0.2) is 0 Å². The molecular weight excluding hydrogens is 343 g/mol. The molecule has 2 nitrogen and oxygen atoms in total. The molecule has 0 heterocycles. The number of hydrogen-bond acceptors (Lipinski definition) is 1. The normalized spacial score (nSPS) is 13.3. The molecule has 0 radical (unpaired) electrons. The van der Waals surface area contributed by atoms with Crippen molar-refractivity contribution in [2.75, 3.05) is 0 Å². The van der Waals surface area contributed by atoms with Crippen LogP contribution in [0.25, 0.3) is 4.98 Å². The van der Waals surface area contributed by atoms with Gasteiger partial charge in [-0.05, 0) is 79.8 Å². The van der Waals surface area contributed by atoms with Crippen LogP contribution >= 0.6 is 0 Å². The molecule has 1 aliphatic rings. The van der Waals surface area contributed by atoms with Gasteiger partial charge in [0.05, 0.1) is 0 Å². The molecule has 2 aromatic carbocycles. The zero-order chi connectivity index (χ0) is 19.5. The van der Waals surface area contributed by atoms with Gasteiger partial charge in [-0.2, -0.15) is 0 Å². The summed E-state index contributed by atoms with van der Waals surface area (Å²) >= 11 is 0. The lowest BCUT2D eigenvalue weighted by Gasteiger charge is -2.18. The third kappa shape index (κ3) is 5.32. The van der Waals surface area contributed by atoms with E-state index in [1.54, 1.807) is 0 Å². The van der Waals surface area contributed by atoms with Crippen molar-refractivity contribution in [1.29, 1.82) is 5.39 Å². The van der Waals surface area contributed by atoms with Gasteiger partial charge >= 0.3 is 12.9 Å². The average molecular weight is 364 g/mol. The van der Waals surface area contributed by atoms with Crippen LogP contribution in [-0.2, 0) is 25.7 Å². The summed E-state index contributed by atoms with van der Waals surface area (Å²) in [6, 6.07) is 8.67. The summed E-state index contributed by atoms with van der Waals surface area (Å²) in [4.78, 5) is 3.40. The fourth-order valence-corrected chi connectivity index (χ4v) is 3.47. The molecule has 0 saturated heterocycles. The van der Waals surface area contributed by atoms with Gasteiger partial charge < -0.3 is 17.3 Å². The largest absolute Gasteiger partial charge is 0.673 e. The predicted octanol–water partition coefficient (Wildman–Crippen LogP) is 6.28. The molecule has 0 aliphatic heterocycles. The Morgan fingerprint density at radius 1 is 0.731 bits per heavy atom. The summed E-state index contributed by atoms with van der Waals surface area (Å²) in [5.74, 6) is 0. The number of nitrogens with zero attached hydrogens (tertiary/aromatic N) is 2. The van der Waals surface area contributed by atoms with E-state index in [1.165, 1.54) is 38.9 Å². The van der Waals surface area contributed by atoms with Crippen LogP contribution in [-0.4, -0.2) is 7.25 Å². The first-order valence-electron chi connectivity index (χ1n) is 8.52. The van der Waals surface area contributed by atoms with E-state index in [9.17, 15) is 17.3 Å². The Morgan fingerprint density at radius 2 is 1.04 bits per heavy atom. The number of diazo groups is 1. The lowest BCUT2D eigenvalue weighted by atomic mass is 9.87. The molecule has 0 atom stereocenters. The number of hydrogen-bond donors (Lipinski definition) is 0. The minimum absolute atomic E-state index is 0.683. The second kappa shape index (κ2) is 7.90. The Labute approximate surface area is 151 Å². The van der Waals surface area contributed by atoms with Crippen molar-refractivity contribution in [3.05, 3.63) is 68.2 Å². The lowest BCUT2D eigenvalue weighted by molar-refractivity contribution is 0.368. The summed E-state index contributed by atoms with van der Waals surface area (Å²) in [6.07, 6.45) is 4.11. The van der Waals surface area contributed by atoms with E-state index in [0.717, 1.165) is 25.7 Å². The highest BCUT2D eigenvalue weighted by atomic mass is 19.5. The molecule has 2 aromatic rings. The third-order valence-corrected chi connectivity index (χ3v) is 4.82. The highest BCUT2D eigenvalue weighted by molar-refractivity contribution is 6.50. The lowest BCUT2D eigenvalue weighted by Crippen LogP contribution is -2.06. The van der Waals surface area contributed by atoms with Crippen molar-refractivity contribution in [3.8, 4) is 0 Å². The van der Waals surface area contributed by atoms with Crippen LogP contribution in [0.2, 0.25) is 0 Å². The van der Waals surface area contributed by atoms with Gasteiger partial charge in [-0.15, -0.1) is 0 Å². The number of benzene rings is 2. The Kier molecular flexibility index (Phi) is 6.07. The van der Waals surface area contributed by atoms with E-state index in [-0.39, 0.29) is 0 Å². The number of aryl methyl sites for hydroxylation is 5. The van der Waals surface area contributed by atoms with Crippen molar-refractivity contribution in [2.24, 2.45) is 0 Å². The van der Waals surface area contributed by atoms with E-state index in [4.69, 9.17) is 5.39 Å². The standard InChI is InChI=1S/C19H21N2.BF4/c1-12-8-15-4-6-17-10-19(21-20)11-18(14(17)3)7-5-16(9-12)13(15)2;2-1(3,4)5/h8-11H,4-7H2,1-3H3;/q+1;-1. The molecule has 0 spiro atoms. The Bertz CT molecular complexity index is 798. The second-order valence-corrected chi connectivity index (χ2v) is 6.69. The van der Waals surface area contributed by atoms with Crippen LogP contribution in [0.5, 0.6) is 0 Å². The summed E-state index contributed by atoms with van der Waals surface area (Å²) in [6.45, 7) is 6.63. The molecule has 0 saturated carbocycles. The highest BCUT2D eigenvalue weighted by Crippen LogP contribution is 2.28. The summed E-state index contributed by atoms with van der Waals surface area (Å²) in [7, 11) is -6.00. The highest BCUT2D eigenvalue weighted by Gasteiger charge is 2.20. The fourth-order valence-electron chi connectivity index (χ4n) is 3.47. The van der Waals surface area contributed by atoms with Crippen LogP contribution in [0.4, 0.5) is 23.0 Å². The Hall–Kier alpha value is -2.36. The molecule has 7 heteroatoms.